The monoisotopic (exact) mass is 219 g/mol. The third-order valence-electron chi connectivity index (χ3n) is 2.45. The minimum atomic E-state index is -0.354. The lowest BCUT2D eigenvalue weighted by molar-refractivity contribution is 0.292. The predicted octanol–water partition coefficient (Wildman–Crippen LogP) is 3.16. The first kappa shape index (κ1) is 10.7. The molecule has 0 aliphatic rings. The summed E-state index contributed by atoms with van der Waals surface area (Å²) in [7, 11) is 0. The molecule has 84 valence electrons. The average molecular weight is 219 g/mol. The van der Waals surface area contributed by atoms with Crippen molar-refractivity contribution in [3.05, 3.63) is 36.4 Å². The van der Waals surface area contributed by atoms with Gasteiger partial charge in [-0.15, -0.1) is 0 Å². The number of fused-ring (bicyclic) bond motifs is 1. The van der Waals surface area contributed by atoms with Crippen molar-refractivity contribution in [3.8, 4) is 5.75 Å². The van der Waals surface area contributed by atoms with Gasteiger partial charge in [0.25, 0.3) is 0 Å². The van der Waals surface area contributed by atoms with E-state index in [0.717, 1.165) is 22.2 Å². The Morgan fingerprint density at radius 2 is 1.81 bits per heavy atom. The number of alkyl halides is 1. The maximum absolute atomic E-state index is 12.0. The number of hydrogen-bond donors (Lipinski definition) is 1. The summed E-state index contributed by atoms with van der Waals surface area (Å²) in [6.45, 7) is 0.0390. The number of benzene rings is 2. The van der Waals surface area contributed by atoms with E-state index in [2.05, 4.69) is 0 Å². The zero-order valence-electron chi connectivity index (χ0n) is 8.95. The largest absolute Gasteiger partial charge is 0.493 e. The molecule has 0 unspecified atom stereocenters. The third kappa shape index (κ3) is 2.08. The van der Waals surface area contributed by atoms with Crippen LogP contribution in [0.3, 0.4) is 0 Å². The minimum Gasteiger partial charge on any atom is -0.493 e. The summed E-state index contributed by atoms with van der Waals surface area (Å²) in [5.74, 6) is 0.762. The molecule has 0 aliphatic heterocycles. The summed E-state index contributed by atoms with van der Waals surface area (Å²) < 4.78 is 17.5. The van der Waals surface area contributed by atoms with Crippen LogP contribution in [-0.4, -0.2) is 13.3 Å². The molecule has 0 heterocycles. The van der Waals surface area contributed by atoms with Crippen LogP contribution in [0.1, 0.15) is 6.42 Å². The van der Waals surface area contributed by atoms with Crippen molar-refractivity contribution in [2.75, 3.05) is 19.0 Å². The zero-order valence-corrected chi connectivity index (χ0v) is 8.95. The number of anilines is 1. The van der Waals surface area contributed by atoms with Gasteiger partial charge in [-0.2, -0.15) is 0 Å². The van der Waals surface area contributed by atoms with Crippen molar-refractivity contribution in [1.29, 1.82) is 0 Å². The highest BCUT2D eigenvalue weighted by molar-refractivity contribution is 5.96. The van der Waals surface area contributed by atoms with Crippen molar-refractivity contribution in [2.24, 2.45) is 0 Å². The van der Waals surface area contributed by atoms with Crippen molar-refractivity contribution in [1.82, 2.24) is 0 Å². The van der Waals surface area contributed by atoms with Crippen LogP contribution < -0.4 is 10.5 Å². The van der Waals surface area contributed by atoms with Gasteiger partial charge in [-0.05, 0) is 12.1 Å². The van der Waals surface area contributed by atoms with Crippen LogP contribution in [0.5, 0.6) is 5.75 Å². The van der Waals surface area contributed by atoms with Gasteiger partial charge in [0.1, 0.15) is 5.75 Å². The second-order valence-electron chi connectivity index (χ2n) is 3.59. The Morgan fingerprint density at radius 1 is 1.06 bits per heavy atom. The molecule has 0 spiro atoms. The van der Waals surface area contributed by atoms with Crippen LogP contribution in [0.4, 0.5) is 10.1 Å². The molecule has 16 heavy (non-hydrogen) atoms. The van der Waals surface area contributed by atoms with Crippen LogP contribution in [0.25, 0.3) is 10.8 Å². The van der Waals surface area contributed by atoms with E-state index in [1.165, 1.54) is 0 Å². The van der Waals surface area contributed by atoms with Crippen LogP contribution >= 0.6 is 0 Å². The minimum absolute atomic E-state index is 0.354. The highest BCUT2D eigenvalue weighted by Gasteiger charge is 2.03. The molecule has 0 atom stereocenters. The number of halogens is 1. The maximum atomic E-state index is 12.0. The van der Waals surface area contributed by atoms with Crippen LogP contribution in [0.15, 0.2) is 36.4 Å². The fourth-order valence-electron chi connectivity index (χ4n) is 1.66. The number of hydrogen-bond acceptors (Lipinski definition) is 2. The van der Waals surface area contributed by atoms with Gasteiger partial charge >= 0.3 is 0 Å². The Labute approximate surface area is 93.8 Å². The molecule has 0 aromatic heterocycles. The topological polar surface area (TPSA) is 35.2 Å². The molecule has 0 amide bonds. The molecule has 2 nitrogen and oxygen atoms in total. The number of rotatable bonds is 4. The lowest BCUT2D eigenvalue weighted by atomic mass is 10.1. The fourth-order valence-corrected chi connectivity index (χ4v) is 1.66. The first-order valence-electron chi connectivity index (χ1n) is 5.29. The molecule has 2 N–H and O–H groups in total. The van der Waals surface area contributed by atoms with Gasteiger partial charge in [0.05, 0.1) is 13.3 Å². The average Bonchev–Trinajstić information content (AvgIpc) is 2.33. The van der Waals surface area contributed by atoms with Gasteiger partial charge in [-0.25, -0.2) is 0 Å². The molecule has 0 saturated heterocycles. The SMILES string of the molecule is Nc1ccc(OCCCF)c2ccccc12. The van der Waals surface area contributed by atoms with E-state index in [1.54, 1.807) is 0 Å². The summed E-state index contributed by atoms with van der Waals surface area (Å²) in [4.78, 5) is 0. The molecule has 2 aromatic carbocycles. The predicted molar refractivity (Wildman–Crippen MR) is 64.4 cm³/mol. The van der Waals surface area contributed by atoms with Crippen LogP contribution in [-0.2, 0) is 0 Å². The smallest absolute Gasteiger partial charge is 0.127 e. The van der Waals surface area contributed by atoms with Crippen molar-refractivity contribution in [3.63, 3.8) is 0 Å². The molecule has 3 heteroatoms. The van der Waals surface area contributed by atoms with Gasteiger partial charge < -0.3 is 10.5 Å². The normalized spacial score (nSPS) is 10.6. The van der Waals surface area contributed by atoms with Gasteiger partial charge in [0, 0.05) is 22.9 Å². The molecule has 0 aliphatic carbocycles. The third-order valence-corrected chi connectivity index (χ3v) is 2.45. The van der Waals surface area contributed by atoms with Gasteiger partial charge in [-0.1, -0.05) is 24.3 Å². The van der Waals surface area contributed by atoms with Crippen LogP contribution in [0, 0.1) is 0 Å². The first-order chi connectivity index (χ1) is 7.83. The Balaban J connectivity index is 2.35. The Kier molecular flexibility index (Phi) is 3.25. The quantitative estimate of drug-likeness (QED) is 0.633. The Hall–Kier alpha value is -1.77. The first-order valence-corrected chi connectivity index (χ1v) is 5.29. The second-order valence-corrected chi connectivity index (χ2v) is 3.59. The molecular formula is C13H14FNO. The summed E-state index contributed by atoms with van der Waals surface area (Å²) in [6.07, 6.45) is 0.415. The molecule has 2 rings (SSSR count). The highest BCUT2D eigenvalue weighted by atomic mass is 19.1. The molecule has 0 saturated carbocycles. The van der Waals surface area contributed by atoms with Crippen LogP contribution in [0.2, 0.25) is 0 Å². The maximum Gasteiger partial charge on any atom is 0.127 e. The summed E-state index contributed by atoms with van der Waals surface area (Å²) in [5, 5.41) is 1.95. The summed E-state index contributed by atoms with van der Waals surface area (Å²) >= 11 is 0. The van der Waals surface area contributed by atoms with Crippen molar-refractivity contribution >= 4 is 16.5 Å². The fraction of sp³-hybridized carbons (Fsp3) is 0.231. The zero-order chi connectivity index (χ0) is 11.4. The van der Waals surface area contributed by atoms with E-state index in [-0.39, 0.29) is 6.67 Å². The number of ether oxygens (including phenoxy) is 1. The van der Waals surface area contributed by atoms with E-state index >= 15 is 0 Å². The molecule has 0 radical (unpaired) electrons. The Bertz CT molecular complexity index is 484. The van der Waals surface area contributed by atoms with E-state index in [1.807, 2.05) is 36.4 Å². The van der Waals surface area contributed by atoms with Gasteiger partial charge in [0.2, 0.25) is 0 Å². The Morgan fingerprint density at radius 3 is 2.56 bits per heavy atom. The molecule has 0 fully saturated rings. The summed E-state index contributed by atoms with van der Waals surface area (Å²) in [6, 6.07) is 11.4. The second kappa shape index (κ2) is 4.84. The van der Waals surface area contributed by atoms with E-state index in [0.29, 0.717) is 13.0 Å². The van der Waals surface area contributed by atoms with Gasteiger partial charge in [-0.3, -0.25) is 4.39 Å². The summed E-state index contributed by atoms with van der Waals surface area (Å²) in [5.41, 5.74) is 6.59. The van der Waals surface area contributed by atoms with E-state index < -0.39 is 0 Å². The number of nitrogens with two attached hydrogens (primary N) is 1. The van der Waals surface area contributed by atoms with E-state index in [4.69, 9.17) is 10.5 Å². The molecule has 0 bridgehead atoms. The molecule has 2 aromatic rings. The van der Waals surface area contributed by atoms with Crippen molar-refractivity contribution < 1.29 is 9.13 Å². The number of nitrogen functional groups attached to an aromatic ring is 1. The lowest BCUT2D eigenvalue weighted by Gasteiger charge is -2.09. The van der Waals surface area contributed by atoms with Crippen molar-refractivity contribution in [2.45, 2.75) is 6.42 Å². The molecular weight excluding hydrogens is 205 g/mol. The standard InChI is InChI=1S/C13H14FNO/c14-8-3-9-16-13-7-6-12(15)10-4-1-2-5-11(10)13/h1-2,4-7H,3,8-9,15H2. The highest BCUT2D eigenvalue weighted by Crippen LogP contribution is 2.29. The van der Waals surface area contributed by atoms with Gasteiger partial charge in [0.15, 0.2) is 0 Å². The lowest BCUT2D eigenvalue weighted by Crippen LogP contribution is -1.99. The van der Waals surface area contributed by atoms with E-state index in [9.17, 15) is 4.39 Å².